The van der Waals surface area contributed by atoms with Gasteiger partial charge in [0.25, 0.3) is 0 Å². The molecule has 1 saturated carbocycles. The lowest BCUT2D eigenvalue weighted by molar-refractivity contribution is 0.215. The number of nitrogens with one attached hydrogen (secondary N) is 2. The molecule has 130 valence electrons. The van der Waals surface area contributed by atoms with Crippen molar-refractivity contribution in [2.24, 2.45) is 4.99 Å². The number of guanidine groups is 1. The van der Waals surface area contributed by atoms with Crippen LogP contribution in [-0.2, 0) is 6.54 Å². The van der Waals surface area contributed by atoms with E-state index in [-0.39, 0.29) is 24.0 Å². The number of hydrogen-bond acceptors (Lipinski definition) is 2. The van der Waals surface area contributed by atoms with Gasteiger partial charge in [-0.2, -0.15) is 0 Å². The number of aliphatic imine (C=N–C) groups is 1. The van der Waals surface area contributed by atoms with Gasteiger partial charge in [0.15, 0.2) is 5.96 Å². The number of rotatable bonds is 7. The van der Waals surface area contributed by atoms with Gasteiger partial charge >= 0.3 is 0 Å². The fourth-order valence-corrected chi connectivity index (χ4v) is 2.82. The van der Waals surface area contributed by atoms with E-state index >= 15 is 0 Å². The number of nitrogens with zero attached hydrogens (tertiary/aromatic N) is 2. The summed E-state index contributed by atoms with van der Waals surface area (Å²) in [6.07, 6.45) is 2.69. The first-order valence-electron chi connectivity index (χ1n) is 8.05. The molecule has 0 bridgehead atoms. The molecule has 0 atom stereocenters. The third-order valence-electron chi connectivity index (χ3n) is 3.97. The van der Waals surface area contributed by atoms with Gasteiger partial charge in [-0.15, -0.1) is 24.0 Å². The average Bonchev–Trinajstić information content (AvgIpc) is 3.32. The van der Waals surface area contributed by atoms with Crippen LogP contribution in [0.3, 0.4) is 0 Å². The Morgan fingerprint density at radius 3 is 2.57 bits per heavy atom. The van der Waals surface area contributed by atoms with Crippen LogP contribution in [0.4, 0.5) is 0 Å². The molecule has 0 spiro atoms. The van der Waals surface area contributed by atoms with Gasteiger partial charge in [-0.1, -0.05) is 29.8 Å². The molecule has 0 unspecified atom stereocenters. The highest BCUT2D eigenvalue weighted by Gasteiger charge is 2.30. The van der Waals surface area contributed by atoms with Gasteiger partial charge in [0.2, 0.25) is 0 Å². The molecular weight excluding hydrogens is 423 g/mol. The summed E-state index contributed by atoms with van der Waals surface area (Å²) in [7, 11) is 1.79. The molecule has 1 aromatic rings. The van der Waals surface area contributed by atoms with Crippen molar-refractivity contribution in [1.29, 1.82) is 0 Å². The van der Waals surface area contributed by atoms with Crippen LogP contribution in [0.1, 0.15) is 32.3 Å². The molecule has 1 aromatic carbocycles. The first-order chi connectivity index (χ1) is 10.6. The van der Waals surface area contributed by atoms with Crippen LogP contribution in [-0.4, -0.2) is 43.1 Å². The maximum absolute atomic E-state index is 6.17. The highest BCUT2D eigenvalue weighted by atomic mass is 127. The monoisotopic (exact) mass is 450 g/mol. The molecule has 1 fully saturated rings. The van der Waals surface area contributed by atoms with E-state index in [2.05, 4.69) is 34.4 Å². The second-order valence-electron chi connectivity index (χ2n) is 6.01. The Kier molecular flexibility index (Phi) is 9.24. The summed E-state index contributed by atoms with van der Waals surface area (Å²) >= 11 is 6.17. The van der Waals surface area contributed by atoms with Crippen LogP contribution in [0.15, 0.2) is 29.3 Å². The first-order valence-corrected chi connectivity index (χ1v) is 8.43. The third kappa shape index (κ3) is 6.85. The van der Waals surface area contributed by atoms with Gasteiger partial charge in [-0.05, 0) is 38.3 Å². The lowest BCUT2D eigenvalue weighted by Crippen LogP contribution is -2.43. The molecular formula is C17H28ClIN4. The maximum Gasteiger partial charge on any atom is 0.191 e. The summed E-state index contributed by atoms with van der Waals surface area (Å²) in [5.41, 5.74) is 1.08. The van der Waals surface area contributed by atoms with E-state index in [9.17, 15) is 0 Å². The predicted octanol–water partition coefficient (Wildman–Crippen LogP) is 3.50. The second-order valence-corrected chi connectivity index (χ2v) is 6.41. The normalized spacial score (nSPS) is 14.8. The molecule has 0 amide bonds. The Morgan fingerprint density at radius 1 is 1.30 bits per heavy atom. The van der Waals surface area contributed by atoms with Crippen LogP contribution < -0.4 is 10.6 Å². The minimum atomic E-state index is 0. The van der Waals surface area contributed by atoms with Crippen molar-refractivity contribution in [3.8, 4) is 0 Å². The van der Waals surface area contributed by atoms with Gasteiger partial charge in [0.05, 0.1) is 0 Å². The van der Waals surface area contributed by atoms with Gasteiger partial charge in [0.1, 0.15) is 0 Å². The van der Waals surface area contributed by atoms with Crippen LogP contribution in [0.2, 0.25) is 5.02 Å². The largest absolute Gasteiger partial charge is 0.355 e. The van der Waals surface area contributed by atoms with Gasteiger partial charge in [-0.3, -0.25) is 9.89 Å². The summed E-state index contributed by atoms with van der Waals surface area (Å²) in [4.78, 5) is 6.83. The van der Waals surface area contributed by atoms with Crippen molar-refractivity contribution in [2.45, 2.75) is 45.3 Å². The Morgan fingerprint density at radius 2 is 2.00 bits per heavy atom. The molecule has 0 aromatic heterocycles. The van der Waals surface area contributed by atoms with Crippen LogP contribution >= 0.6 is 35.6 Å². The molecule has 1 aliphatic carbocycles. The lowest BCUT2D eigenvalue weighted by Gasteiger charge is -2.26. The smallest absolute Gasteiger partial charge is 0.191 e. The van der Waals surface area contributed by atoms with Crippen molar-refractivity contribution in [3.05, 3.63) is 34.9 Å². The Balaban J connectivity index is 0.00000264. The molecule has 0 saturated heterocycles. The number of benzene rings is 1. The summed E-state index contributed by atoms with van der Waals surface area (Å²) in [5.74, 6) is 0.819. The Labute approximate surface area is 162 Å². The van der Waals surface area contributed by atoms with Crippen molar-refractivity contribution in [1.82, 2.24) is 15.5 Å². The van der Waals surface area contributed by atoms with E-state index in [0.29, 0.717) is 12.6 Å². The number of halogens is 2. The fourth-order valence-electron chi connectivity index (χ4n) is 2.61. The Bertz CT molecular complexity index is 501. The molecule has 6 heteroatoms. The minimum Gasteiger partial charge on any atom is -0.355 e. The Hall–Kier alpha value is -0.530. The zero-order valence-electron chi connectivity index (χ0n) is 14.2. The third-order valence-corrected chi connectivity index (χ3v) is 4.34. The number of hydrogen-bond donors (Lipinski definition) is 2. The van der Waals surface area contributed by atoms with Crippen LogP contribution in [0.5, 0.6) is 0 Å². The second kappa shape index (κ2) is 10.4. The minimum absolute atomic E-state index is 0. The molecule has 0 heterocycles. The van der Waals surface area contributed by atoms with Crippen LogP contribution in [0.25, 0.3) is 0 Å². The van der Waals surface area contributed by atoms with E-state index in [1.54, 1.807) is 7.05 Å². The predicted molar refractivity (Wildman–Crippen MR) is 110 cm³/mol. The van der Waals surface area contributed by atoms with E-state index in [0.717, 1.165) is 35.7 Å². The molecule has 0 aliphatic heterocycles. The molecule has 1 aliphatic rings. The lowest BCUT2D eigenvalue weighted by atomic mass is 10.2. The van der Waals surface area contributed by atoms with Crippen molar-refractivity contribution >= 4 is 41.5 Å². The van der Waals surface area contributed by atoms with E-state index in [1.807, 2.05) is 24.3 Å². The zero-order chi connectivity index (χ0) is 15.9. The van der Waals surface area contributed by atoms with E-state index in [4.69, 9.17) is 11.6 Å². The molecule has 2 rings (SSSR count). The first kappa shape index (κ1) is 20.5. The van der Waals surface area contributed by atoms with E-state index < -0.39 is 0 Å². The van der Waals surface area contributed by atoms with Gasteiger partial charge in [0, 0.05) is 43.8 Å². The highest BCUT2D eigenvalue weighted by Crippen LogP contribution is 2.27. The van der Waals surface area contributed by atoms with Crippen molar-refractivity contribution in [3.63, 3.8) is 0 Å². The van der Waals surface area contributed by atoms with Crippen molar-refractivity contribution < 1.29 is 0 Å². The topological polar surface area (TPSA) is 39.7 Å². The molecule has 0 radical (unpaired) electrons. The quantitative estimate of drug-likeness (QED) is 0.379. The average molecular weight is 451 g/mol. The summed E-state index contributed by atoms with van der Waals surface area (Å²) in [6, 6.07) is 9.26. The van der Waals surface area contributed by atoms with Gasteiger partial charge < -0.3 is 10.6 Å². The summed E-state index contributed by atoms with van der Waals surface area (Å²) in [6.45, 7) is 7.16. The standard InChI is InChI=1S/C17H27ClN4.HI/c1-13(2)22(15-8-9-15)11-10-20-17(19-3)21-12-14-6-4-5-7-16(14)18;/h4-7,13,15H,8-12H2,1-3H3,(H2,19,20,21);1H. The SMILES string of the molecule is CN=C(NCCN(C(C)C)C1CC1)NCc1ccccc1Cl.I. The van der Waals surface area contributed by atoms with Gasteiger partial charge in [-0.25, -0.2) is 0 Å². The molecule has 23 heavy (non-hydrogen) atoms. The van der Waals surface area contributed by atoms with E-state index in [1.165, 1.54) is 12.8 Å². The fraction of sp³-hybridized carbons (Fsp3) is 0.588. The van der Waals surface area contributed by atoms with Crippen molar-refractivity contribution in [2.75, 3.05) is 20.1 Å². The van der Waals surface area contributed by atoms with Crippen LogP contribution in [0, 0.1) is 0 Å². The summed E-state index contributed by atoms with van der Waals surface area (Å²) in [5, 5.41) is 7.47. The maximum atomic E-state index is 6.17. The summed E-state index contributed by atoms with van der Waals surface area (Å²) < 4.78 is 0. The highest BCUT2D eigenvalue weighted by molar-refractivity contribution is 14.0. The molecule has 4 nitrogen and oxygen atoms in total. The zero-order valence-corrected chi connectivity index (χ0v) is 17.3. The molecule has 2 N–H and O–H groups in total.